The molecule has 2 heterocycles. The second-order valence-corrected chi connectivity index (χ2v) is 5.83. The fourth-order valence-corrected chi connectivity index (χ4v) is 2.52. The number of aryl methyl sites for hydroxylation is 1. The number of ether oxygens (including phenoxy) is 2. The van der Waals surface area contributed by atoms with E-state index in [0.29, 0.717) is 25.5 Å². The second-order valence-electron chi connectivity index (χ2n) is 5.83. The molecule has 0 aliphatic carbocycles. The van der Waals surface area contributed by atoms with E-state index in [9.17, 15) is 4.79 Å². The van der Waals surface area contributed by atoms with Crippen molar-refractivity contribution in [3.63, 3.8) is 0 Å². The molecule has 1 fully saturated rings. The average Bonchev–Trinajstić information content (AvgIpc) is 3.26. The minimum absolute atomic E-state index is 0.0818. The van der Waals surface area contributed by atoms with E-state index in [1.165, 1.54) is 0 Å². The minimum atomic E-state index is -0.248. The summed E-state index contributed by atoms with van der Waals surface area (Å²) < 4.78 is 16.6. The number of amides is 2. The summed E-state index contributed by atoms with van der Waals surface area (Å²) in [4.78, 5) is 11.9. The number of hydrogen-bond acceptors (Lipinski definition) is 4. The molecule has 2 amide bonds. The molecule has 0 spiro atoms. The number of urea groups is 1. The van der Waals surface area contributed by atoms with Gasteiger partial charge in [-0.2, -0.15) is 0 Å². The van der Waals surface area contributed by atoms with E-state index in [1.807, 2.05) is 31.2 Å². The Kier molecular flexibility index (Phi) is 5.38. The monoisotopic (exact) mass is 330 g/mol. The fourth-order valence-electron chi connectivity index (χ4n) is 2.52. The molecule has 1 aromatic carbocycles. The van der Waals surface area contributed by atoms with Gasteiger partial charge < -0.3 is 24.5 Å². The highest BCUT2D eigenvalue weighted by atomic mass is 16.5. The van der Waals surface area contributed by atoms with Crippen LogP contribution >= 0.6 is 0 Å². The maximum absolute atomic E-state index is 11.9. The predicted molar refractivity (Wildman–Crippen MR) is 88.8 cm³/mol. The average molecular weight is 330 g/mol. The Bertz CT molecular complexity index is 664. The molecule has 6 heteroatoms. The van der Waals surface area contributed by atoms with Crippen molar-refractivity contribution >= 4 is 6.03 Å². The van der Waals surface area contributed by atoms with E-state index < -0.39 is 0 Å². The zero-order valence-corrected chi connectivity index (χ0v) is 13.7. The summed E-state index contributed by atoms with van der Waals surface area (Å²) in [6.07, 6.45) is 2.56. The van der Waals surface area contributed by atoms with Gasteiger partial charge in [-0.15, -0.1) is 0 Å². The SMILES string of the molecule is Cc1ccc(CNC(=O)NCc2ccco2)c(OC2CCOC2)c1. The van der Waals surface area contributed by atoms with Crippen LogP contribution in [-0.4, -0.2) is 25.3 Å². The van der Waals surface area contributed by atoms with Crippen molar-refractivity contribution in [1.29, 1.82) is 0 Å². The van der Waals surface area contributed by atoms with Gasteiger partial charge >= 0.3 is 6.03 Å². The lowest BCUT2D eigenvalue weighted by Gasteiger charge is -2.17. The Morgan fingerprint density at radius 2 is 2.17 bits per heavy atom. The largest absolute Gasteiger partial charge is 0.488 e. The van der Waals surface area contributed by atoms with Gasteiger partial charge in [0.15, 0.2) is 0 Å². The molecule has 3 rings (SSSR count). The summed E-state index contributed by atoms with van der Waals surface area (Å²) in [5.74, 6) is 1.52. The molecule has 128 valence electrons. The van der Waals surface area contributed by atoms with Crippen LogP contribution in [0.15, 0.2) is 41.0 Å². The predicted octanol–water partition coefficient (Wildman–Crippen LogP) is 2.76. The molecule has 0 radical (unpaired) electrons. The van der Waals surface area contributed by atoms with Crippen molar-refractivity contribution in [3.8, 4) is 5.75 Å². The van der Waals surface area contributed by atoms with Crippen molar-refractivity contribution in [2.75, 3.05) is 13.2 Å². The number of rotatable bonds is 6. The van der Waals surface area contributed by atoms with E-state index in [0.717, 1.165) is 29.9 Å². The summed E-state index contributed by atoms with van der Waals surface area (Å²) in [7, 11) is 0. The molecule has 6 nitrogen and oxygen atoms in total. The van der Waals surface area contributed by atoms with Gasteiger partial charge in [-0.3, -0.25) is 0 Å². The summed E-state index contributed by atoms with van der Waals surface area (Å²) in [6, 6.07) is 9.34. The third kappa shape index (κ3) is 4.52. The molecular formula is C18H22N2O4. The van der Waals surface area contributed by atoms with Crippen LogP contribution in [-0.2, 0) is 17.8 Å². The van der Waals surface area contributed by atoms with Crippen LogP contribution in [0.1, 0.15) is 23.3 Å². The first kappa shape index (κ1) is 16.4. The second kappa shape index (κ2) is 7.88. The van der Waals surface area contributed by atoms with Crippen LogP contribution in [0.5, 0.6) is 5.75 Å². The van der Waals surface area contributed by atoms with Gasteiger partial charge in [0.1, 0.15) is 17.6 Å². The molecule has 1 aromatic heterocycles. The third-order valence-electron chi connectivity index (χ3n) is 3.85. The van der Waals surface area contributed by atoms with E-state index >= 15 is 0 Å². The van der Waals surface area contributed by atoms with E-state index in [1.54, 1.807) is 12.3 Å². The Hall–Kier alpha value is -2.47. The molecule has 24 heavy (non-hydrogen) atoms. The Balaban J connectivity index is 1.54. The molecule has 0 bridgehead atoms. The summed E-state index contributed by atoms with van der Waals surface area (Å²) in [5, 5.41) is 5.60. The lowest BCUT2D eigenvalue weighted by atomic mass is 10.1. The Labute approximate surface area is 141 Å². The zero-order valence-electron chi connectivity index (χ0n) is 13.7. The topological polar surface area (TPSA) is 72.7 Å². The Morgan fingerprint density at radius 1 is 1.29 bits per heavy atom. The van der Waals surface area contributed by atoms with Gasteiger partial charge in [0.25, 0.3) is 0 Å². The quantitative estimate of drug-likeness (QED) is 0.854. The van der Waals surface area contributed by atoms with E-state index in [4.69, 9.17) is 13.9 Å². The van der Waals surface area contributed by atoms with Crippen LogP contribution < -0.4 is 15.4 Å². The number of carbonyl (C=O) groups is 1. The molecule has 0 saturated carbocycles. The highest BCUT2D eigenvalue weighted by Gasteiger charge is 2.18. The van der Waals surface area contributed by atoms with E-state index in [-0.39, 0.29) is 12.1 Å². The first-order valence-electron chi connectivity index (χ1n) is 8.09. The van der Waals surface area contributed by atoms with Crippen molar-refractivity contribution < 1.29 is 18.7 Å². The third-order valence-corrected chi connectivity index (χ3v) is 3.85. The lowest BCUT2D eigenvalue weighted by molar-refractivity contribution is 0.140. The summed E-state index contributed by atoms with van der Waals surface area (Å²) in [6.45, 7) is 4.12. The number of furan rings is 1. The lowest BCUT2D eigenvalue weighted by Crippen LogP contribution is -2.34. The van der Waals surface area contributed by atoms with Gasteiger partial charge in [0.05, 0.1) is 26.0 Å². The van der Waals surface area contributed by atoms with Gasteiger partial charge in [-0.1, -0.05) is 12.1 Å². The van der Waals surface area contributed by atoms with Crippen LogP contribution in [0.4, 0.5) is 4.79 Å². The molecule has 2 aromatic rings. The van der Waals surface area contributed by atoms with Crippen molar-refractivity contribution in [2.24, 2.45) is 0 Å². The van der Waals surface area contributed by atoms with Gasteiger partial charge in [-0.25, -0.2) is 4.79 Å². The van der Waals surface area contributed by atoms with Crippen molar-refractivity contribution in [1.82, 2.24) is 10.6 Å². The molecule has 1 atom stereocenters. The maximum atomic E-state index is 11.9. The fraction of sp³-hybridized carbons (Fsp3) is 0.389. The molecular weight excluding hydrogens is 308 g/mol. The first-order valence-corrected chi connectivity index (χ1v) is 8.09. The number of carbonyl (C=O) groups excluding carboxylic acids is 1. The molecule has 2 N–H and O–H groups in total. The standard InChI is InChI=1S/C18H22N2O4/c1-13-4-5-14(17(9-13)24-16-6-8-22-12-16)10-19-18(21)20-11-15-3-2-7-23-15/h2-5,7,9,16H,6,8,10-12H2,1H3,(H2,19,20,21). The molecule has 1 aliphatic heterocycles. The number of benzene rings is 1. The molecule has 1 saturated heterocycles. The van der Waals surface area contributed by atoms with Crippen LogP contribution in [0.2, 0.25) is 0 Å². The van der Waals surface area contributed by atoms with Crippen LogP contribution in [0.25, 0.3) is 0 Å². The van der Waals surface area contributed by atoms with E-state index in [2.05, 4.69) is 10.6 Å². The smallest absolute Gasteiger partial charge is 0.315 e. The molecule has 1 unspecified atom stereocenters. The van der Waals surface area contributed by atoms with Crippen LogP contribution in [0, 0.1) is 6.92 Å². The zero-order chi connectivity index (χ0) is 16.8. The highest BCUT2D eigenvalue weighted by molar-refractivity contribution is 5.73. The maximum Gasteiger partial charge on any atom is 0.315 e. The van der Waals surface area contributed by atoms with Crippen molar-refractivity contribution in [3.05, 3.63) is 53.5 Å². The normalized spacial score (nSPS) is 16.8. The van der Waals surface area contributed by atoms with Crippen molar-refractivity contribution in [2.45, 2.75) is 32.5 Å². The number of hydrogen-bond donors (Lipinski definition) is 2. The van der Waals surface area contributed by atoms with Gasteiger partial charge in [-0.05, 0) is 30.7 Å². The first-order chi connectivity index (χ1) is 11.7. The van der Waals surface area contributed by atoms with Gasteiger partial charge in [0, 0.05) is 18.5 Å². The highest BCUT2D eigenvalue weighted by Crippen LogP contribution is 2.23. The summed E-state index contributed by atoms with van der Waals surface area (Å²) >= 11 is 0. The molecule has 1 aliphatic rings. The number of nitrogens with one attached hydrogen (secondary N) is 2. The van der Waals surface area contributed by atoms with Gasteiger partial charge in [0.2, 0.25) is 0 Å². The van der Waals surface area contributed by atoms with Crippen LogP contribution in [0.3, 0.4) is 0 Å². The summed E-state index contributed by atoms with van der Waals surface area (Å²) in [5.41, 5.74) is 2.07. The minimum Gasteiger partial charge on any atom is -0.488 e. The Morgan fingerprint density at radius 3 is 2.92 bits per heavy atom.